The molecule has 1 aliphatic heterocycles. The van der Waals surface area contributed by atoms with E-state index < -0.39 is 0 Å². The zero-order chi connectivity index (χ0) is 13.8. The van der Waals surface area contributed by atoms with Gasteiger partial charge in [-0.2, -0.15) is 5.10 Å². The predicted octanol–water partition coefficient (Wildman–Crippen LogP) is 2.95. The number of aromatic nitrogens is 2. The molecule has 0 saturated carbocycles. The number of rotatable bonds is 5. The second-order valence-electron chi connectivity index (χ2n) is 5.21. The highest BCUT2D eigenvalue weighted by atomic mass is 79.9. The second kappa shape index (κ2) is 6.66. The van der Waals surface area contributed by atoms with Crippen molar-refractivity contribution in [3.63, 3.8) is 0 Å². The van der Waals surface area contributed by atoms with E-state index in [-0.39, 0.29) is 11.9 Å². The average Bonchev–Trinajstić information content (AvgIpc) is 2.64. The number of nitrogens with zero attached hydrogens (tertiary/aromatic N) is 2. The number of hydrogen-bond acceptors (Lipinski definition) is 3. The lowest BCUT2D eigenvalue weighted by Gasteiger charge is -2.22. The molecule has 0 radical (unpaired) electrons. The van der Waals surface area contributed by atoms with Gasteiger partial charge < -0.3 is 4.74 Å². The van der Waals surface area contributed by atoms with Crippen molar-refractivity contribution in [3.8, 4) is 0 Å². The van der Waals surface area contributed by atoms with Gasteiger partial charge in [0.2, 0.25) is 0 Å². The van der Waals surface area contributed by atoms with Crippen LogP contribution in [0.2, 0.25) is 0 Å². The van der Waals surface area contributed by atoms with E-state index in [0.29, 0.717) is 12.8 Å². The van der Waals surface area contributed by atoms with E-state index in [0.717, 1.165) is 41.7 Å². The summed E-state index contributed by atoms with van der Waals surface area (Å²) in [6.45, 7) is 2.79. The fourth-order valence-electron chi connectivity index (χ4n) is 2.50. The predicted molar refractivity (Wildman–Crippen MR) is 77.2 cm³/mol. The van der Waals surface area contributed by atoms with Crippen molar-refractivity contribution >= 4 is 21.7 Å². The summed E-state index contributed by atoms with van der Waals surface area (Å²) in [4.78, 5) is 12.1. The summed E-state index contributed by atoms with van der Waals surface area (Å²) >= 11 is 3.50. The van der Waals surface area contributed by atoms with Crippen molar-refractivity contribution in [2.45, 2.75) is 51.6 Å². The first kappa shape index (κ1) is 14.7. The van der Waals surface area contributed by atoms with Gasteiger partial charge in [0.1, 0.15) is 5.78 Å². The molecule has 2 heterocycles. The number of ether oxygens (including phenoxy) is 1. The van der Waals surface area contributed by atoms with Crippen LogP contribution in [0.4, 0.5) is 0 Å². The van der Waals surface area contributed by atoms with Gasteiger partial charge in [-0.05, 0) is 48.5 Å². The van der Waals surface area contributed by atoms with Gasteiger partial charge in [0.15, 0.2) is 0 Å². The Hall–Kier alpha value is -0.680. The lowest BCUT2D eigenvalue weighted by atomic mass is 10.0. The summed E-state index contributed by atoms with van der Waals surface area (Å²) in [6, 6.07) is 0. The first-order valence-electron chi connectivity index (χ1n) is 6.89. The van der Waals surface area contributed by atoms with Crippen molar-refractivity contribution in [2.24, 2.45) is 7.05 Å². The smallest absolute Gasteiger partial charge is 0.138 e. The number of Topliss-reactive ketones (excluding diaryl/α,β-unsaturated/α-hetero) is 1. The van der Waals surface area contributed by atoms with Gasteiger partial charge in [-0.3, -0.25) is 9.48 Å². The number of carbonyl (C=O) groups is 1. The van der Waals surface area contributed by atoms with E-state index in [1.807, 2.05) is 14.0 Å². The molecular formula is C14H21BrN2O2. The Balaban J connectivity index is 1.83. The third-order valence-corrected chi connectivity index (χ3v) is 4.68. The van der Waals surface area contributed by atoms with Crippen LogP contribution in [0.5, 0.6) is 0 Å². The second-order valence-corrected chi connectivity index (χ2v) is 6.01. The van der Waals surface area contributed by atoms with E-state index in [9.17, 15) is 4.79 Å². The fourth-order valence-corrected chi connectivity index (χ4v) is 2.98. The van der Waals surface area contributed by atoms with Crippen LogP contribution in [0, 0.1) is 6.92 Å². The molecule has 2 rings (SSSR count). The third kappa shape index (κ3) is 3.89. The number of carbonyl (C=O) groups excluding carboxylic acids is 1. The van der Waals surface area contributed by atoms with Crippen LogP contribution in [-0.2, 0) is 23.0 Å². The molecule has 1 aromatic heterocycles. The highest BCUT2D eigenvalue weighted by Crippen LogP contribution is 2.22. The zero-order valence-corrected chi connectivity index (χ0v) is 13.2. The van der Waals surface area contributed by atoms with Crippen LogP contribution < -0.4 is 0 Å². The van der Waals surface area contributed by atoms with Crippen molar-refractivity contribution in [3.05, 3.63) is 15.9 Å². The Morgan fingerprint density at radius 1 is 1.53 bits per heavy atom. The maximum Gasteiger partial charge on any atom is 0.138 e. The Labute approximate surface area is 122 Å². The van der Waals surface area contributed by atoms with Crippen molar-refractivity contribution in [2.75, 3.05) is 6.61 Å². The monoisotopic (exact) mass is 328 g/mol. The van der Waals surface area contributed by atoms with Crippen LogP contribution in [0.25, 0.3) is 0 Å². The van der Waals surface area contributed by atoms with Crippen molar-refractivity contribution in [1.29, 1.82) is 0 Å². The SMILES string of the molecule is Cc1nn(C)c(CC(=O)CCC2CCCCO2)c1Br. The zero-order valence-electron chi connectivity index (χ0n) is 11.6. The molecule has 1 unspecified atom stereocenters. The molecular weight excluding hydrogens is 308 g/mol. The number of halogens is 1. The van der Waals surface area contributed by atoms with Gasteiger partial charge >= 0.3 is 0 Å². The summed E-state index contributed by atoms with van der Waals surface area (Å²) in [5.41, 5.74) is 1.90. The molecule has 4 nitrogen and oxygen atoms in total. The first-order chi connectivity index (χ1) is 9.08. The van der Waals surface area contributed by atoms with Crippen LogP contribution in [-0.4, -0.2) is 28.3 Å². The number of ketones is 1. The van der Waals surface area contributed by atoms with Gasteiger partial charge in [0, 0.05) is 26.5 Å². The normalized spacial score (nSPS) is 19.6. The highest BCUT2D eigenvalue weighted by molar-refractivity contribution is 9.10. The van der Waals surface area contributed by atoms with Gasteiger partial charge in [-0.15, -0.1) is 0 Å². The average molecular weight is 329 g/mol. The number of aryl methyl sites for hydroxylation is 2. The minimum absolute atomic E-state index is 0.262. The lowest BCUT2D eigenvalue weighted by Crippen LogP contribution is -2.20. The van der Waals surface area contributed by atoms with Gasteiger partial charge in [0.25, 0.3) is 0 Å². The Morgan fingerprint density at radius 3 is 2.89 bits per heavy atom. The quantitative estimate of drug-likeness (QED) is 0.834. The van der Waals surface area contributed by atoms with Gasteiger partial charge in [0.05, 0.1) is 22.0 Å². The molecule has 0 aromatic carbocycles. The van der Waals surface area contributed by atoms with Crippen LogP contribution >= 0.6 is 15.9 Å². The summed E-state index contributed by atoms with van der Waals surface area (Å²) < 4.78 is 8.39. The summed E-state index contributed by atoms with van der Waals surface area (Å²) in [5, 5.41) is 4.31. The standard InChI is InChI=1S/C14H21BrN2O2/c1-10-14(15)13(17(2)16-10)9-11(18)6-7-12-5-3-4-8-19-12/h12H,3-9H2,1-2H3. The van der Waals surface area contributed by atoms with E-state index in [4.69, 9.17) is 4.74 Å². The van der Waals surface area contributed by atoms with Crippen LogP contribution in [0.3, 0.4) is 0 Å². The largest absolute Gasteiger partial charge is 0.378 e. The van der Waals surface area contributed by atoms with E-state index in [1.165, 1.54) is 6.42 Å². The summed E-state index contributed by atoms with van der Waals surface area (Å²) in [5.74, 6) is 0.262. The van der Waals surface area contributed by atoms with Crippen molar-refractivity contribution < 1.29 is 9.53 Å². The molecule has 1 aromatic rings. The molecule has 1 atom stereocenters. The number of hydrogen-bond donors (Lipinski definition) is 0. The Morgan fingerprint density at radius 2 is 2.32 bits per heavy atom. The molecule has 0 N–H and O–H groups in total. The van der Waals surface area contributed by atoms with Crippen molar-refractivity contribution in [1.82, 2.24) is 9.78 Å². The van der Waals surface area contributed by atoms with Crippen LogP contribution in [0.15, 0.2) is 4.47 Å². The third-order valence-electron chi connectivity index (χ3n) is 3.65. The van der Waals surface area contributed by atoms with Crippen LogP contribution in [0.1, 0.15) is 43.5 Å². The van der Waals surface area contributed by atoms with E-state index >= 15 is 0 Å². The van der Waals surface area contributed by atoms with Gasteiger partial charge in [-0.25, -0.2) is 0 Å². The molecule has 106 valence electrons. The molecule has 0 bridgehead atoms. The molecule has 0 spiro atoms. The van der Waals surface area contributed by atoms with E-state index in [2.05, 4.69) is 21.0 Å². The van der Waals surface area contributed by atoms with Gasteiger partial charge in [-0.1, -0.05) is 0 Å². The first-order valence-corrected chi connectivity index (χ1v) is 7.68. The Bertz CT molecular complexity index is 451. The minimum atomic E-state index is 0.262. The summed E-state index contributed by atoms with van der Waals surface area (Å²) in [7, 11) is 1.88. The lowest BCUT2D eigenvalue weighted by molar-refractivity contribution is -0.119. The molecule has 0 aliphatic carbocycles. The minimum Gasteiger partial charge on any atom is -0.378 e. The fraction of sp³-hybridized carbons (Fsp3) is 0.714. The molecule has 0 amide bonds. The molecule has 1 saturated heterocycles. The highest BCUT2D eigenvalue weighted by Gasteiger charge is 2.18. The maximum atomic E-state index is 12.1. The molecule has 1 aliphatic rings. The molecule has 19 heavy (non-hydrogen) atoms. The summed E-state index contributed by atoms with van der Waals surface area (Å²) in [6.07, 6.45) is 5.67. The molecule has 5 heteroatoms. The molecule has 1 fully saturated rings. The Kier molecular flexibility index (Phi) is 5.16. The topological polar surface area (TPSA) is 44.1 Å². The maximum absolute atomic E-state index is 12.1. The van der Waals surface area contributed by atoms with E-state index in [1.54, 1.807) is 4.68 Å².